The Hall–Kier alpha value is -2.56. The second-order valence-electron chi connectivity index (χ2n) is 6.40. The number of hydrogen-bond acceptors (Lipinski definition) is 2. The molecule has 0 aliphatic rings. The smallest absolute Gasteiger partial charge is 0.267 e. The highest BCUT2D eigenvalue weighted by Gasteiger charge is 2.16. The second kappa shape index (κ2) is 7.99. The molecule has 0 aliphatic carbocycles. The Bertz CT molecular complexity index is 1050. The number of carbonyl (C=O) groups excluding carboxylic acids is 1. The van der Waals surface area contributed by atoms with Gasteiger partial charge in [0.05, 0.1) is 10.2 Å². The van der Waals surface area contributed by atoms with Gasteiger partial charge in [0.1, 0.15) is 5.69 Å². The molecular formula is C22H19ClN2OS. The number of fused-ring (bicyclic) bond motifs is 1. The van der Waals surface area contributed by atoms with E-state index < -0.39 is 0 Å². The van der Waals surface area contributed by atoms with Gasteiger partial charge in [-0.05, 0) is 47.2 Å². The van der Waals surface area contributed by atoms with Gasteiger partial charge in [-0.25, -0.2) is 0 Å². The molecule has 1 amide bonds. The summed E-state index contributed by atoms with van der Waals surface area (Å²) in [6.07, 6.45) is 0.818. The molecule has 4 rings (SSSR count). The van der Waals surface area contributed by atoms with Crippen LogP contribution >= 0.6 is 22.9 Å². The Morgan fingerprint density at radius 1 is 1.00 bits per heavy atom. The maximum absolute atomic E-state index is 12.8. The summed E-state index contributed by atoms with van der Waals surface area (Å²) in [6.45, 7) is 1.25. The molecule has 27 heavy (non-hydrogen) atoms. The molecule has 2 aromatic heterocycles. The average Bonchev–Trinajstić information content (AvgIpc) is 3.27. The van der Waals surface area contributed by atoms with E-state index in [4.69, 9.17) is 11.6 Å². The molecule has 136 valence electrons. The summed E-state index contributed by atoms with van der Waals surface area (Å²) in [5.41, 5.74) is 4.11. The maximum atomic E-state index is 12.8. The number of benzene rings is 2. The minimum absolute atomic E-state index is 0.0386. The number of rotatable bonds is 6. The molecule has 2 aromatic carbocycles. The number of amides is 1. The number of nitrogens with zero attached hydrogens (tertiary/aromatic N) is 1. The first-order valence-electron chi connectivity index (χ1n) is 8.84. The van der Waals surface area contributed by atoms with Gasteiger partial charge in [0, 0.05) is 18.1 Å². The highest BCUT2D eigenvalue weighted by molar-refractivity contribution is 7.17. The van der Waals surface area contributed by atoms with Crippen molar-refractivity contribution in [1.29, 1.82) is 0 Å². The zero-order valence-electron chi connectivity index (χ0n) is 14.7. The van der Waals surface area contributed by atoms with E-state index in [0.717, 1.165) is 22.2 Å². The van der Waals surface area contributed by atoms with Crippen LogP contribution in [0.25, 0.3) is 10.2 Å². The van der Waals surface area contributed by atoms with Crippen molar-refractivity contribution in [3.63, 3.8) is 0 Å². The van der Waals surface area contributed by atoms with Gasteiger partial charge < -0.3 is 9.88 Å². The van der Waals surface area contributed by atoms with Crippen LogP contribution in [-0.2, 0) is 13.0 Å². The van der Waals surface area contributed by atoms with Crippen LogP contribution in [0.4, 0.5) is 0 Å². The summed E-state index contributed by atoms with van der Waals surface area (Å²) in [5, 5.41) is 5.83. The van der Waals surface area contributed by atoms with E-state index in [1.54, 1.807) is 11.3 Å². The van der Waals surface area contributed by atoms with Crippen molar-refractivity contribution in [2.45, 2.75) is 13.0 Å². The summed E-state index contributed by atoms with van der Waals surface area (Å²) in [7, 11) is 0. The summed E-state index contributed by atoms with van der Waals surface area (Å²) in [5.74, 6) is -0.0386. The second-order valence-corrected chi connectivity index (χ2v) is 7.79. The summed E-state index contributed by atoms with van der Waals surface area (Å²) >= 11 is 7.64. The molecule has 0 unspecified atom stereocenters. The van der Waals surface area contributed by atoms with E-state index in [1.807, 2.05) is 48.5 Å². The predicted octanol–water partition coefficient (Wildman–Crippen LogP) is 5.38. The van der Waals surface area contributed by atoms with Crippen molar-refractivity contribution < 1.29 is 4.79 Å². The minimum atomic E-state index is -0.0386. The highest BCUT2D eigenvalue weighted by atomic mass is 35.5. The Morgan fingerprint density at radius 2 is 1.78 bits per heavy atom. The lowest BCUT2D eigenvalue weighted by atomic mass is 10.1. The minimum Gasteiger partial charge on any atom is -0.350 e. The topological polar surface area (TPSA) is 34.0 Å². The van der Waals surface area contributed by atoms with E-state index in [9.17, 15) is 4.79 Å². The van der Waals surface area contributed by atoms with Crippen molar-refractivity contribution in [3.05, 3.63) is 94.0 Å². The van der Waals surface area contributed by atoms with Crippen LogP contribution in [0, 0.1) is 0 Å². The van der Waals surface area contributed by atoms with Crippen LogP contribution in [0.5, 0.6) is 0 Å². The number of aromatic nitrogens is 1. The molecule has 0 atom stereocenters. The van der Waals surface area contributed by atoms with Gasteiger partial charge in [0.25, 0.3) is 5.91 Å². The lowest BCUT2D eigenvalue weighted by Gasteiger charge is -2.11. The number of carbonyl (C=O) groups is 1. The molecule has 2 heterocycles. The molecule has 0 radical (unpaired) electrons. The van der Waals surface area contributed by atoms with Crippen molar-refractivity contribution in [2.24, 2.45) is 0 Å². The third-order valence-corrected chi connectivity index (χ3v) is 5.66. The lowest BCUT2D eigenvalue weighted by molar-refractivity contribution is 0.0946. The van der Waals surface area contributed by atoms with E-state index in [1.165, 1.54) is 5.56 Å². The Kier molecular flexibility index (Phi) is 5.28. The molecule has 0 saturated heterocycles. The molecular weight excluding hydrogens is 376 g/mol. The van der Waals surface area contributed by atoms with Crippen LogP contribution in [-0.4, -0.2) is 17.0 Å². The van der Waals surface area contributed by atoms with E-state index in [0.29, 0.717) is 23.8 Å². The standard InChI is InChI=1S/C22H19ClN2OS/c23-18-8-6-17(7-9-18)15-25-19-11-13-27-21(19)14-20(25)22(26)24-12-10-16-4-2-1-3-5-16/h1-9,11,13-14H,10,12,15H2,(H,24,26). The fraction of sp³-hybridized carbons (Fsp3) is 0.136. The summed E-state index contributed by atoms with van der Waals surface area (Å²) in [6, 6.07) is 22.0. The molecule has 0 fully saturated rings. The maximum Gasteiger partial charge on any atom is 0.267 e. The SMILES string of the molecule is O=C(NCCc1ccccc1)c1cc2sccc2n1Cc1ccc(Cl)cc1. The van der Waals surface area contributed by atoms with Crippen molar-refractivity contribution in [2.75, 3.05) is 6.54 Å². The zero-order valence-corrected chi connectivity index (χ0v) is 16.3. The van der Waals surface area contributed by atoms with Gasteiger partial charge in [0.2, 0.25) is 0 Å². The highest BCUT2D eigenvalue weighted by Crippen LogP contribution is 2.26. The molecule has 1 N–H and O–H groups in total. The Balaban J connectivity index is 1.52. The first kappa shape index (κ1) is 17.8. The van der Waals surface area contributed by atoms with Gasteiger partial charge in [-0.2, -0.15) is 0 Å². The van der Waals surface area contributed by atoms with E-state index in [-0.39, 0.29) is 5.91 Å². The summed E-state index contributed by atoms with van der Waals surface area (Å²) in [4.78, 5) is 12.8. The lowest BCUT2D eigenvalue weighted by Crippen LogP contribution is -2.28. The fourth-order valence-electron chi connectivity index (χ4n) is 3.16. The van der Waals surface area contributed by atoms with Crippen LogP contribution in [0.3, 0.4) is 0 Å². The quantitative estimate of drug-likeness (QED) is 0.468. The van der Waals surface area contributed by atoms with Gasteiger partial charge in [-0.3, -0.25) is 4.79 Å². The monoisotopic (exact) mass is 394 g/mol. The van der Waals surface area contributed by atoms with Gasteiger partial charge >= 0.3 is 0 Å². The molecule has 4 aromatic rings. The van der Waals surface area contributed by atoms with Gasteiger partial charge in [-0.15, -0.1) is 11.3 Å². The van der Waals surface area contributed by atoms with Gasteiger partial charge in [-0.1, -0.05) is 54.1 Å². The molecule has 0 aliphatic heterocycles. The summed E-state index contributed by atoms with van der Waals surface area (Å²) < 4.78 is 3.20. The predicted molar refractivity (Wildman–Crippen MR) is 113 cm³/mol. The number of halogens is 1. The normalized spacial score (nSPS) is 11.0. The number of nitrogens with one attached hydrogen (secondary N) is 1. The molecule has 0 bridgehead atoms. The third kappa shape index (κ3) is 4.07. The Morgan fingerprint density at radius 3 is 2.56 bits per heavy atom. The first-order valence-corrected chi connectivity index (χ1v) is 10.1. The van der Waals surface area contributed by atoms with E-state index >= 15 is 0 Å². The van der Waals surface area contributed by atoms with E-state index in [2.05, 4.69) is 33.5 Å². The van der Waals surface area contributed by atoms with Crippen LogP contribution in [0.15, 0.2) is 72.1 Å². The van der Waals surface area contributed by atoms with Crippen molar-refractivity contribution >= 4 is 39.1 Å². The zero-order chi connectivity index (χ0) is 18.6. The van der Waals surface area contributed by atoms with Crippen LogP contribution in [0.1, 0.15) is 21.6 Å². The average molecular weight is 395 g/mol. The number of thiophene rings is 1. The molecule has 0 saturated carbocycles. The van der Waals surface area contributed by atoms with Gasteiger partial charge in [0.15, 0.2) is 0 Å². The first-order chi connectivity index (χ1) is 13.2. The Labute approximate surface area is 167 Å². The number of hydrogen-bond donors (Lipinski definition) is 1. The molecule has 3 nitrogen and oxygen atoms in total. The largest absolute Gasteiger partial charge is 0.350 e. The van der Waals surface area contributed by atoms with Crippen molar-refractivity contribution in [1.82, 2.24) is 9.88 Å². The van der Waals surface area contributed by atoms with Crippen molar-refractivity contribution in [3.8, 4) is 0 Å². The molecule has 5 heteroatoms. The van der Waals surface area contributed by atoms with Crippen LogP contribution < -0.4 is 5.32 Å². The van der Waals surface area contributed by atoms with Crippen LogP contribution in [0.2, 0.25) is 5.02 Å². The fourth-order valence-corrected chi connectivity index (χ4v) is 4.11. The molecule has 0 spiro atoms. The third-order valence-electron chi connectivity index (χ3n) is 4.55.